The topological polar surface area (TPSA) is 59.0 Å². The van der Waals surface area contributed by atoms with Crippen LogP contribution in [0.4, 0.5) is 18.0 Å². The van der Waals surface area contributed by atoms with Crippen LogP contribution in [0.25, 0.3) is 0 Å². The highest BCUT2D eigenvalue weighted by atomic mass is 28.2. The normalized spacial score (nSPS) is 13.8. The number of hydrogen-bond donors (Lipinski definition) is 1. The number of nitrogens with zero attached hydrogens (tertiary/aromatic N) is 1. The zero-order chi connectivity index (χ0) is 19.3. The van der Waals surface area contributed by atoms with E-state index in [1.54, 1.807) is 32.9 Å². The molecule has 1 rings (SSSR count). The number of carbonyl (C=O) groups is 1. The van der Waals surface area contributed by atoms with Crippen molar-refractivity contribution in [1.82, 2.24) is 4.57 Å². The Hall–Kier alpha value is -1.74. The summed E-state index contributed by atoms with van der Waals surface area (Å²) < 4.78 is 47.2. The predicted octanol–water partition coefficient (Wildman–Crippen LogP) is 2.96. The molecule has 0 saturated heterocycles. The average molecular weight is 379 g/mol. The molecule has 0 fully saturated rings. The largest absolute Gasteiger partial charge is 0.573 e. The molecule has 1 aromatic carbocycles. The van der Waals surface area contributed by atoms with E-state index in [1.807, 2.05) is 6.92 Å². The molecule has 0 spiro atoms. The number of carbonyl (C=O) groups excluding carboxylic acids is 1. The average Bonchev–Trinajstić information content (AvgIpc) is 2.44. The number of benzene rings is 1. The second kappa shape index (κ2) is 8.57. The van der Waals surface area contributed by atoms with Gasteiger partial charge in [0.05, 0.1) is 6.61 Å². The summed E-state index contributed by atoms with van der Waals surface area (Å²) in [6.45, 7) is 7.14. The minimum absolute atomic E-state index is 0.0287. The molecule has 0 heterocycles. The Bertz CT molecular complexity index is 558. The Balaban J connectivity index is 2.76. The fourth-order valence-electron chi connectivity index (χ4n) is 2.14. The van der Waals surface area contributed by atoms with E-state index in [9.17, 15) is 18.0 Å². The van der Waals surface area contributed by atoms with Crippen molar-refractivity contribution in [2.75, 3.05) is 13.2 Å². The molecule has 1 atom stereocenters. The molecule has 142 valence electrons. The first-order chi connectivity index (χ1) is 11.4. The maximum atomic E-state index is 12.2. The van der Waals surface area contributed by atoms with Crippen molar-refractivity contribution >= 4 is 15.8 Å². The van der Waals surface area contributed by atoms with E-state index in [0.717, 1.165) is 5.56 Å². The quantitative estimate of drug-likeness (QED) is 0.772. The fraction of sp³-hybridized carbons (Fsp3) is 0.562. The summed E-state index contributed by atoms with van der Waals surface area (Å²) in [4.78, 5) is 12.2. The Morgan fingerprint density at radius 2 is 1.80 bits per heavy atom. The van der Waals surface area contributed by atoms with E-state index < -0.39 is 27.7 Å². The lowest BCUT2D eigenvalue weighted by Crippen LogP contribution is -2.42. The Kier molecular flexibility index (Phi) is 7.30. The first-order valence-electron chi connectivity index (χ1n) is 7.86. The van der Waals surface area contributed by atoms with E-state index in [1.165, 1.54) is 16.7 Å². The molecule has 0 radical (unpaired) electrons. The number of amides is 1. The lowest BCUT2D eigenvalue weighted by molar-refractivity contribution is -0.274. The maximum Gasteiger partial charge on any atom is 0.573 e. The van der Waals surface area contributed by atoms with E-state index >= 15 is 0 Å². The fourth-order valence-corrected chi connectivity index (χ4v) is 3.82. The first-order valence-corrected chi connectivity index (χ1v) is 9.30. The van der Waals surface area contributed by atoms with Crippen molar-refractivity contribution in [3.63, 3.8) is 0 Å². The van der Waals surface area contributed by atoms with Crippen LogP contribution in [-0.2, 0) is 4.74 Å². The molecule has 0 aromatic heterocycles. The minimum Gasteiger partial charge on any atom is -0.444 e. The molecule has 1 aromatic rings. The van der Waals surface area contributed by atoms with E-state index in [0.29, 0.717) is 0 Å². The van der Waals surface area contributed by atoms with Crippen LogP contribution < -0.4 is 4.74 Å². The van der Waals surface area contributed by atoms with Gasteiger partial charge < -0.3 is 19.1 Å². The molecule has 9 heteroatoms. The summed E-state index contributed by atoms with van der Waals surface area (Å²) in [5, 5.41) is 9.16. The van der Waals surface area contributed by atoms with E-state index in [2.05, 4.69) is 4.74 Å². The Labute approximate surface area is 147 Å². The molecular weight excluding hydrogens is 355 g/mol. The molecule has 0 aliphatic rings. The molecule has 0 saturated carbocycles. The predicted molar refractivity (Wildman–Crippen MR) is 90.1 cm³/mol. The van der Waals surface area contributed by atoms with E-state index in [4.69, 9.17) is 9.84 Å². The standard InChI is InChI=1S/C16H24F3NO4Si/c1-11(12-5-7-13(8-6-12)23-16(17,18)19)25-20(9-10-21)14(22)24-15(2,3)4/h5-8,11,21H,9-10,25H2,1-4H3/t11-/m0/s1. The van der Waals surface area contributed by atoms with Crippen LogP contribution in [0.15, 0.2) is 24.3 Å². The lowest BCUT2D eigenvalue weighted by Gasteiger charge is -2.29. The molecular formula is C16H24F3NO4Si. The van der Waals surface area contributed by atoms with Crippen molar-refractivity contribution in [3.8, 4) is 5.75 Å². The highest BCUT2D eigenvalue weighted by molar-refractivity contribution is 6.38. The van der Waals surface area contributed by atoms with Gasteiger partial charge in [0.25, 0.3) is 0 Å². The third kappa shape index (κ3) is 8.26. The van der Waals surface area contributed by atoms with Gasteiger partial charge in [0.2, 0.25) is 0 Å². The maximum absolute atomic E-state index is 12.2. The van der Waals surface area contributed by atoms with Gasteiger partial charge in [0.15, 0.2) is 0 Å². The number of alkyl halides is 3. The number of rotatable bonds is 6. The number of ether oxygens (including phenoxy) is 2. The van der Waals surface area contributed by atoms with Gasteiger partial charge in [0.1, 0.15) is 21.0 Å². The summed E-state index contributed by atoms with van der Waals surface area (Å²) in [7, 11) is -1.19. The second-order valence-corrected chi connectivity index (χ2v) is 9.02. The smallest absolute Gasteiger partial charge is 0.444 e. The lowest BCUT2D eigenvalue weighted by atomic mass is 10.1. The van der Waals surface area contributed by atoms with Crippen molar-refractivity contribution in [2.24, 2.45) is 0 Å². The molecule has 0 bridgehead atoms. The van der Waals surface area contributed by atoms with Crippen LogP contribution in [0.5, 0.6) is 5.75 Å². The molecule has 0 aliphatic carbocycles. The minimum atomic E-state index is -4.73. The van der Waals surface area contributed by atoms with Gasteiger partial charge in [0, 0.05) is 6.54 Å². The summed E-state index contributed by atoms with van der Waals surface area (Å²) in [5.41, 5.74) is 0.130. The molecule has 0 unspecified atom stereocenters. The molecule has 5 nitrogen and oxygen atoms in total. The van der Waals surface area contributed by atoms with Crippen LogP contribution in [0.1, 0.15) is 38.8 Å². The van der Waals surface area contributed by atoms with Crippen LogP contribution in [-0.4, -0.2) is 50.6 Å². The summed E-state index contributed by atoms with van der Waals surface area (Å²) in [6.07, 6.45) is -5.21. The van der Waals surface area contributed by atoms with Gasteiger partial charge in [-0.2, -0.15) is 0 Å². The van der Waals surface area contributed by atoms with Gasteiger partial charge in [-0.25, -0.2) is 4.79 Å². The number of hydrogen-bond acceptors (Lipinski definition) is 4. The van der Waals surface area contributed by atoms with Gasteiger partial charge in [-0.05, 0) is 44.0 Å². The third-order valence-corrected chi connectivity index (χ3v) is 5.23. The first kappa shape index (κ1) is 21.3. The van der Waals surface area contributed by atoms with Gasteiger partial charge in [-0.15, -0.1) is 13.2 Å². The Morgan fingerprint density at radius 1 is 1.24 bits per heavy atom. The SMILES string of the molecule is C[C@H]([SiH2]N(CCO)C(=O)OC(C)(C)C)c1ccc(OC(F)(F)F)cc1. The van der Waals surface area contributed by atoms with Crippen LogP contribution in [0.3, 0.4) is 0 Å². The zero-order valence-corrected chi connectivity index (χ0v) is 16.2. The highest BCUT2D eigenvalue weighted by Crippen LogP contribution is 2.25. The summed E-state index contributed by atoms with van der Waals surface area (Å²) in [5.74, 6) is -0.288. The van der Waals surface area contributed by atoms with Gasteiger partial charge in [-0.1, -0.05) is 19.1 Å². The van der Waals surface area contributed by atoms with E-state index in [-0.39, 0.29) is 24.4 Å². The molecule has 1 N–H and O–H groups in total. The molecule has 1 amide bonds. The Morgan fingerprint density at radius 3 is 2.24 bits per heavy atom. The highest BCUT2D eigenvalue weighted by Gasteiger charge is 2.31. The molecule has 0 aliphatic heterocycles. The van der Waals surface area contributed by atoms with Crippen molar-refractivity contribution < 1.29 is 32.5 Å². The number of halogens is 3. The third-order valence-electron chi connectivity index (χ3n) is 3.20. The summed E-state index contributed by atoms with van der Waals surface area (Å²) in [6, 6.07) is 5.59. The van der Waals surface area contributed by atoms with Crippen molar-refractivity contribution in [3.05, 3.63) is 29.8 Å². The summed E-state index contributed by atoms with van der Waals surface area (Å²) >= 11 is 0. The molecule has 25 heavy (non-hydrogen) atoms. The van der Waals surface area contributed by atoms with Crippen molar-refractivity contribution in [1.29, 1.82) is 0 Å². The second-order valence-electron chi connectivity index (χ2n) is 6.67. The van der Waals surface area contributed by atoms with Gasteiger partial charge in [-0.3, -0.25) is 0 Å². The van der Waals surface area contributed by atoms with Crippen molar-refractivity contribution in [2.45, 2.75) is 45.2 Å². The number of aliphatic hydroxyl groups is 1. The zero-order valence-electron chi connectivity index (χ0n) is 14.8. The van der Waals surface area contributed by atoms with Gasteiger partial charge >= 0.3 is 12.5 Å². The number of aliphatic hydroxyl groups excluding tert-OH is 1. The van der Waals surface area contributed by atoms with Crippen LogP contribution >= 0.6 is 0 Å². The van der Waals surface area contributed by atoms with Crippen LogP contribution in [0.2, 0.25) is 0 Å². The monoisotopic (exact) mass is 379 g/mol. The van der Waals surface area contributed by atoms with Crippen LogP contribution in [0, 0.1) is 0 Å².